The average Bonchev–Trinajstić information content (AvgIpc) is 3.71. The van der Waals surface area contributed by atoms with Crippen molar-refractivity contribution in [2.24, 2.45) is 17.8 Å². The van der Waals surface area contributed by atoms with Crippen LogP contribution in [0.3, 0.4) is 0 Å². The second-order valence-corrected chi connectivity index (χ2v) is 16.3. The molecule has 8 atom stereocenters. The van der Waals surface area contributed by atoms with Gasteiger partial charge < -0.3 is 40.3 Å². The molecular formula is C45H70N6O8. The molecule has 59 heavy (non-hydrogen) atoms. The molecule has 1 saturated heterocycles. The van der Waals surface area contributed by atoms with E-state index in [4.69, 9.17) is 9.47 Å². The SMILES string of the molecule is CCC(C)C(C(CC(=O)N1CCCC1C(OC)C(C)C(=O)NC(Cc1ccccc1)C(=O)O)OC)N(C)C(=O)CNC(=O)C(C(C)C)N(C)CCc1ccc(NC)cc1. The number of carbonyl (C=O) groups excluding carboxylic acids is 4. The van der Waals surface area contributed by atoms with Gasteiger partial charge in [-0.3, -0.25) is 24.1 Å². The van der Waals surface area contributed by atoms with E-state index in [1.165, 1.54) is 19.8 Å². The highest BCUT2D eigenvalue weighted by atomic mass is 16.5. The maximum absolute atomic E-state index is 14.2. The van der Waals surface area contributed by atoms with Crippen LogP contribution in [0.4, 0.5) is 5.69 Å². The van der Waals surface area contributed by atoms with Gasteiger partial charge >= 0.3 is 5.97 Å². The van der Waals surface area contributed by atoms with Crippen molar-refractivity contribution in [3.8, 4) is 0 Å². The molecule has 0 radical (unpaired) electrons. The van der Waals surface area contributed by atoms with Gasteiger partial charge in [0.05, 0.1) is 49.2 Å². The number of hydrogen-bond acceptors (Lipinski definition) is 9. The highest BCUT2D eigenvalue weighted by Gasteiger charge is 2.42. The van der Waals surface area contributed by atoms with Crippen LogP contribution < -0.4 is 16.0 Å². The molecule has 0 bridgehead atoms. The lowest BCUT2D eigenvalue weighted by atomic mass is 9.90. The molecule has 4 amide bonds. The molecule has 0 aliphatic carbocycles. The van der Waals surface area contributed by atoms with Gasteiger partial charge in [-0.25, -0.2) is 4.79 Å². The van der Waals surface area contributed by atoms with Crippen LogP contribution >= 0.6 is 0 Å². The van der Waals surface area contributed by atoms with Gasteiger partial charge in [0.25, 0.3) is 0 Å². The molecule has 1 heterocycles. The molecular weight excluding hydrogens is 753 g/mol. The number of nitrogens with one attached hydrogen (secondary N) is 3. The molecule has 328 valence electrons. The third kappa shape index (κ3) is 13.8. The van der Waals surface area contributed by atoms with Gasteiger partial charge in [0.1, 0.15) is 6.04 Å². The molecule has 1 fully saturated rings. The number of rotatable bonds is 24. The molecule has 14 heteroatoms. The first-order chi connectivity index (χ1) is 28.1. The lowest BCUT2D eigenvalue weighted by molar-refractivity contribution is -0.147. The fourth-order valence-electron chi connectivity index (χ4n) is 8.37. The Kier molecular flexibility index (Phi) is 19.8. The Morgan fingerprint density at radius 3 is 2.14 bits per heavy atom. The number of benzene rings is 2. The fraction of sp³-hybridized carbons (Fsp3) is 0.622. The normalized spacial score (nSPS) is 17.7. The number of carbonyl (C=O) groups is 5. The number of anilines is 1. The van der Waals surface area contributed by atoms with Crippen molar-refractivity contribution in [1.82, 2.24) is 25.3 Å². The first-order valence-electron chi connectivity index (χ1n) is 21.0. The molecule has 0 saturated carbocycles. The molecule has 14 nitrogen and oxygen atoms in total. The zero-order valence-corrected chi connectivity index (χ0v) is 36.9. The molecule has 0 spiro atoms. The maximum Gasteiger partial charge on any atom is 0.326 e. The van der Waals surface area contributed by atoms with Crippen molar-refractivity contribution in [1.29, 1.82) is 0 Å². The third-order valence-corrected chi connectivity index (χ3v) is 12.0. The van der Waals surface area contributed by atoms with Crippen LogP contribution in [0.25, 0.3) is 0 Å². The van der Waals surface area contributed by atoms with E-state index in [0.717, 1.165) is 17.7 Å². The van der Waals surface area contributed by atoms with Gasteiger partial charge in [-0.2, -0.15) is 0 Å². The minimum absolute atomic E-state index is 0.00188. The summed E-state index contributed by atoms with van der Waals surface area (Å²) in [5.74, 6) is -3.12. The van der Waals surface area contributed by atoms with Gasteiger partial charge in [-0.05, 0) is 61.4 Å². The number of aliphatic carboxylic acids is 1. The fourth-order valence-corrected chi connectivity index (χ4v) is 8.37. The number of carboxylic acids is 1. The maximum atomic E-state index is 14.2. The first-order valence-corrected chi connectivity index (χ1v) is 21.0. The Hall–Kier alpha value is -4.53. The summed E-state index contributed by atoms with van der Waals surface area (Å²) in [6.45, 7) is 10.6. The van der Waals surface area contributed by atoms with Crippen molar-refractivity contribution in [3.63, 3.8) is 0 Å². The van der Waals surface area contributed by atoms with Gasteiger partial charge in [0, 0.05) is 53.5 Å². The van der Waals surface area contributed by atoms with E-state index < -0.39 is 54.2 Å². The van der Waals surface area contributed by atoms with Crippen molar-refractivity contribution < 1.29 is 38.6 Å². The number of likely N-dealkylation sites (tertiary alicyclic amines) is 1. The molecule has 3 rings (SSSR count). The second-order valence-electron chi connectivity index (χ2n) is 16.3. The Morgan fingerprint density at radius 2 is 1.58 bits per heavy atom. The lowest BCUT2D eigenvalue weighted by Crippen LogP contribution is -2.55. The van der Waals surface area contributed by atoms with Crippen molar-refractivity contribution in [2.75, 3.05) is 60.3 Å². The minimum Gasteiger partial charge on any atom is -0.480 e. The van der Waals surface area contributed by atoms with Crippen molar-refractivity contribution in [2.45, 2.75) is 110 Å². The molecule has 8 unspecified atom stereocenters. The molecule has 2 aromatic rings. The summed E-state index contributed by atoms with van der Waals surface area (Å²) >= 11 is 0. The smallest absolute Gasteiger partial charge is 0.326 e. The topological polar surface area (TPSA) is 170 Å². The number of nitrogens with zero attached hydrogens (tertiary/aromatic N) is 3. The summed E-state index contributed by atoms with van der Waals surface area (Å²) in [5.41, 5.74) is 2.98. The van der Waals surface area contributed by atoms with Crippen LogP contribution in [-0.2, 0) is 46.3 Å². The summed E-state index contributed by atoms with van der Waals surface area (Å²) in [6, 6.07) is 14.8. The number of ether oxygens (including phenoxy) is 2. The standard InChI is InChI=1S/C45H70N6O8/c1-11-30(4)41(50(8)39(53)28-47-44(55)40(29(2)3)49(7)25-23-32-19-21-34(46-6)22-20-32)37(58-9)27-38(52)51-24-15-18-36(51)42(59-10)31(5)43(54)48-35(45(56)57)26-33-16-13-12-14-17-33/h12-14,16-17,19-22,29-31,35-37,40-42,46H,11,15,18,23-28H2,1-10H3,(H,47,55)(H,48,54)(H,56,57). The summed E-state index contributed by atoms with van der Waals surface area (Å²) < 4.78 is 11.8. The Labute approximate surface area is 351 Å². The predicted molar refractivity (Wildman–Crippen MR) is 230 cm³/mol. The molecule has 1 aliphatic heterocycles. The van der Waals surface area contributed by atoms with Gasteiger partial charge in [-0.15, -0.1) is 0 Å². The van der Waals surface area contributed by atoms with Crippen LogP contribution in [0.2, 0.25) is 0 Å². The number of hydrogen-bond donors (Lipinski definition) is 4. The highest BCUT2D eigenvalue weighted by molar-refractivity contribution is 5.88. The number of likely N-dealkylation sites (N-methyl/N-ethyl adjacent to an activating group) is 2. The number of methoxy groups -OCH3 is 2. The van der Waals surface area contributed by atoms with Crippen LogP contribution in [0.1, 0.15) is 71.4 Å². The Balaban J connectivity index is 1.66. The Bertz CT molecular complexity index is 1640. The Morgan fingerprint density at radius 1 is 0.915 bits per heavy atom. The summed E-state index contributed by atoms with van der Waals surface area (Å²) in [4.78, 5) is 72.5. The third-order valence-electron chi connectivity index (χ3n) is 12.0. The van der Waals surface area contributed by atoms with E-state index in [1.54, 1.807) is 23.8 Å². The van der Waals surface area contributed by atoms with E-state index in [0.29, 0.717) is 32.4 Å². The van der Waals surface area contributed by atoms with Crippen LogP contribution in [0.5, 0.6) is 0 Å². The highest BCUT2D eigenvalue weighted by Crippen LogP contribution is 2.29. The molecule has 0 aromatic heterocycles. The summed E-state index contributed by atoms with van der Waals surface area (Å²) in [5, 5.41) is 18.6. The van der Waals surface area contributed by atoms with Crippen LogP contribution in [0, 0.1) is 17.8 Å². The van der Waals surface area contributed by atoms with E-state index in [1.807, 2.05) is 89.2 Å². The van der Waals surface area contributed by atoms with Crippen molar-refractivity contribution in [3.05, 3.63) is 65.7 Å². The van der Waals surface area contributed by atoms with E-state index >= 15 is 0 Å². The van der Waals surface area contributed by atoms with Gasteiger partial charge in [0.2, 0.25) is 23.6 Å². The molecule has 4 N–H and O–H groups in total. The first kappa shape index (κ1) is 48.8. The largest absolute Gasteiger partial charge is 0.480 e. The second kappa shape index (κ2) is 23.9. The molecule has 2 aromatic carbocycles. The van der Waals surface area contributed by atoms with E-state index in [2.05, 4.69) is 28.1 Å². The van der Waals surface area contributed by atoms with Gasteiger partial charge in [-0.1, -0.05) is 83.5 Å². The predicted octanol–water partition coefficient (Wildman–Crippen LogP) is 4.08. The average molecular weight is 823 g/mol. The quantitative estimate of drug-likeness (QED) is 0.121. The zero-order chi connectivity index (χ0) is 43.8. The summed E-state index contributed by atoms with van der Waals surface area (Å²) in [6.07, 6.45) is 1.57. The summed E-state index contributed by atoms with van der Waals surface area (Å²) in [7, 11) is 8.53. The zero-order valence-electron chi connectivity index (χ0n) is 36.9. The number of carboxylic acid groups (broad SMARTS) is 1. The lowest BCUT2D eigenvalue weighted by Gasteiger charge is -2.39. The molecule has 1 aliphatic rings. The van der Waals surface area contributed by atoms with E-state index in [9.17, 15) is 29.1 Å². The van der Waals surface area contributed by atoms with Crippen molar-refractivity contribution >= 4 is 35.3 Å². The van der Waals surface area contributed by atoms with E-state index in [-0.39, 0.29) is 48.9 Å². The van der Waals surface area contributed by atoms with Crippen LogP contribution in [-0.4, -0.2) is 141 Å². The number of amides is 4. The van der Waals surface area contributed by atoms with Crippen LogP contribution in [0.15, 0.2) is 54.6 Å². The minimum atomic E-state index is -1.14. The van der Waals surface area contributed by atoms with Gasteiger partial charge in [0.15, 0.2) is 0 Å². The monoisotopic (exact) mass is 823 g/mol.